The summed E-state index contributed by atoms with van der Waals surface area (Å²) in [5.74, 6) is -0.515. The van der Waals surface area contributed by atoms with Gasteiger partial charge in [-0.3, -0.25) is 14.7 Å². The maximum absolute atomic E-state index is 14.7. The Morgan fingerprint density at radius 2 is 1.80 bits per heavy atom. The Morgan fingerprint density at radius 1 is 1.02 bits per heavy atom. The minimum Gasteiger partial charge on any atom is -0.409 e. The predicted octanol–water partition coefficient (Wildman–Crippen LogP) is 3.84. The molecule has 49 heavy (non-hydrogen) atoms. The average Bonchev–Trinajstić information content (AvgIpc) is 3.87. The summed E-state index contributed by atoms with van der Waals surface area (Å²) < 4.78 is 33.4. The van der Waals surface area contributed by atoms with Gasteiger partial charge in [-0.05, 0) is 55.2 Å². The van der Waals surface area contributed by atoms with Crippen molar-refractivity contribution < 1.29 is 27.5 Å². The molecule has 3 amide bonds. The molecule has 16 heteroatoms. The molecule has 2 aromatic heterocycles. The Balaban J connectivity index is 1.21. The van der Waals surface area contributed by atoms with Gasteiger partial charge in [-0.2, -0.15) is 9.40 Å². The number of nitrogens with zero attached hydrogens (tertiary/aromatic N) is 4. The number of piperidine rings is 1. The van der Waals surface area contributed by atoms with E-state index in [1.165, 1.54) is 32.9 Å². The van der Waals surface area contributed by atoms with E-state index in [9.17, 15) is 22.8 Å². The van der Waals surface area contributed by atoms with E-state index in [2.05, 4.69) is 20.8 Å². The third-order valence-electron chi connectivity index (χ3n) is 9.64. The minimum absolute atomic E-state index is 0.0527. The third-order valence-corrected chi connectivity index (χ3v) is 12.7. The molecule has 1 saturated carbocycles. The van der Waals surface area contributed by atoms with E-state index >= 15 is 0 Å². The third kappa shape index (κ3) is 8.46. The van der Waals surface area contributed by atoms with E-state index in [0.29, 0.717) is 19.4 Å². The summed E-state index contributed by atoms with van der Waals surface area (Å²) >= 11 is 7.75. The molecule has 3 fully saturated rings. The van der Waals surface area contributed by atoms with Crippen LogP contribution in [0, 0.1) is 5.92 Å². The van der Waals surface area contributed by atoms with Crippen molar-refractivity contribution in [1.29, 1.82) is 0 Å². The number of halogens is 1. The van der Waals surface area contributed by atoms with Crippen molar-refractivity contribution in [2.24, 2.45) is 5.92 Å². The Bertz CT molecular complexity index is 1680. The monoisotopic (exact) mass is 731 g/mol. The van der Waals surface area contributed by atoms with E-state index in [4.69, 9.17) is 16.3 Å². The van der Waals surface area contributed by atoms with Crippen LogP contribution in [0.3, 0.4) is 0 Å². The molecule has 0 radical (unpaired) electrons. The molecule has 264 valence electrons. The molecule has 3 N–H and O–H groups in total. The molecular formula is C33H42ClN7O6S2. The second-order valence-corrected chi connectivity index (χ2v) is 16.1. The van der Waals surface area contributed by atoms with E-state index < -0.39 is 28.2 Å². The van der Waals surface area contributed by atoms with Gasteiger partial charge in [-0.25, -0.2) is 13.2 Å². The molecule has 3 aliphatic rings. The highest BCUT2D eigenvalue weighted by molar-refractivity contribution is 7.89. The second-order valence-electron chi connectivity index (χ2n) is 12.7. The highest BCUT2D eigenvalue weighted by Gasteiger charge is 2.44. The molecular weight excluding hydrogens is 690 g/mol. The van der Waals surface area contributed by atoms with Crippen molar-refractivity contribution in [2.45, 2.75) is 74.5 Å². The molecule has 0 bridgehead atoms. The zero-order valence-electron chi connectivity index (χ0n) is 27.1. The molecule has 1 aliphatic carbocycles. The van der Waals surface area contributed by atoms with Crippen molar-refractivity contribution in [3.05, 3.63) is 64.1 Å². The standard InChI is InChI=1S/C33H42ClN7O6S2/c34-27-10-4-5-11-29(27)47-33(44)39-16-17-41(28(22-39)31(42)35-19-25-9-6-18-48-25)32(43)30(38-24-7-2-1-3-8-24)23-12-14-40(15-13-23)49(45,46)26-20-36-37-21-26/h4-6,9-11,18,20-21,23-24,28,30,38H,1-3,7-8,12-17,19,22H2,(H,35,42)(H,36,37)/t28-,30+/m0/s1. The number of piperazine rings is 1. The summed E-state index contributed by atoms with van der Waals surface area (Å²) in [5.41, 5.74) is 0. The molecule has 3 aromatic rings. The van der Waals surface area contributed by atoms with Crippen LogP contribution in [-0.4, -0.2) is 101 Å². The number of ether oxygens (including phenoxy) is 1. The number of thiophene rings is 1. The van der Waals surface area contributed by atoms with E-state index in [1.807, 2.05) is 17.5 Å². The van der Waals surface area contributed by atoms with Crippen molar-refractivity contribution in [1.82, 2.24) is 34.9 Å². The number of carbonyl (C=O) groups excluding carboxylic acids is 3. The topological polar surface area (TPSA) is 157 Å². The van der Waals surface area contributed by atoms with E-state index in [-0.39, 0.29) is 72.2 Å². The fraction of sp³-hybridized carbons (Fsp3) is 0.515. The number of sulfonamides is 1. The first-order chi connectivity index (χ1) is 23.7. The lowest BCUT2D eigenvalue weighted by molar-refractivity contribution is -0.146. The molecule has 2 saturated heterocycles. The number of hydrogen-bond acceptors (Lipinski definition) is 9. The minimum atomic E-state index is -3.71. The highest BCUT2D eigenvalue weighted by Crippen LogP contribution is 2.30. The largest absolute Gasteiger partial charge is 0.415 e. The first kappa shape index (κ1) is 35.3. The van der Waals surface area contributed by atoms with Crippen LogP contribution in [0.4, 0.5) is 4.79 Å². The quantitative estimate of drug-likeness (QED) is 0.284. The van der Waals surface area contributed by atoms with Crippen LogP contribution in [0.25, 0.3) is 0 Å². The summed E-state index contributed by atoms with van der Waals surface area (Å²) in [7, 11) is -3.71. The molecule has 0 unspecified atom stereocenters. The number of carbonyl (C=O) groups is 3. The zero-order valence-corrected chi connectivity index (χ0v) is 29.5. The molecule has 6 rings (SSSR count). The summed E-state index contributed by atoms with van der Waals surface area (Å²) in [6.07, 6.45) is 8.16. The lowest BCUT2D eigenvalue weighted by Gasteiger charge is -2.44. The molecule has 4 heterocycles. The van der Waals surface area contributed by atoms with Gasteiger partial charge in [-0.1, -0.05) is 49.1 Å². The van der Waals surface area contributed by atoms with Crippen LogP contribution >= 0.6 is 22.9 Å². The van der Waals surface area contributed by atoms with Crippen LogP contribution in [0.5, 0.6) is 5.75 Å². The van der Waals surface area contributed by atoms with Gasteiger partial charge >= 0.3 is 6.09 Å². The van der Waals surface area contributed by atoms with Crippen LogP contribution < -0.4 is 15.4 Å². The van der Waals surface area contributed by atoms with Crippen molar-refractivity contribution in [3.63, 3.8) is 0 Å². The number of H-pyrrole nitrogens is 1. The smallest absolute Gasteiger partial charge is 0.409 e. The Hall–Kier alpha value is -3.50. The molecule has 2 atom stereocenters. The number of nitrogens with one attached hydrogen (secondary N) is 3. The maximum atomic E-state index is 14.7. The Morgan fingerprint density at radius 3 is 2.49 bits per heavy atom. The summed E-state index contributed by atoms with van der Waals surface area (Å²) in [4.78, 5) is 45.9. The molecule has 0 spiro atoms. The van der Waals surface area contributed by atoms with Gasteiger partial charge in [0.1, 0.15) is 10.9 Å². The first-order valence-electron chi connectivity index (χ1n) is 16.8. The Labute approximate surface area is 295 Å². The zero-order chi connectivity index (χ0) is 34.4. The van der Waals surface area contributed by atoms with Crippen LogP contribution in [-0.2, 0) is 26.2 Å². The van der Waals surface area contributed by atoms with Gasteiger partial charge in [0.2, 0.25) is 21.8 Å². The molecule has 13 nitrogen and oxygen atoms in total. The number of aromatic amines is 1. The van der Waals surface area contributed by atoms with Gasteiger partial charge in [0.15, 0.2) is 5.75 Å². The van der Waals surface area contributed by atoms with Crippen molar-refractivity contribution >= 4 is 50.9 Å². The summed E-state index contributed by atoms with van der Waals surface area (Å²) in [6, 6.07) is 9.06. The number of para-hydroxylation sites is 1. The van der Waals surface area contributed by atoms with Gasteiger partial charge in [0, 0.05) is 43.3 Å². The van der Waals surface area contributed by atoms with Gasteiger partial charge in [0.05, 0.1) is 30.4 Å². The number of rotatable bonds is 10. The van der Waals surface area contributed by atoms with Crippen molar-refractivity contribution in [2.75, 3.05) is 32.7 Å². The van der Waals surface area contributed by atoms with Crippen LogP contribution in [0.2, 0.25) is 5.02 Å². The lowest BCUT2D eigenvalue weighted by Crippen LogP contribution is -2.66. The number of hydrogen-bond donors (Lipinski definition) is 3. The number of amides is 3. The first-order valence-corrected chi connectivity index (χ1v) is 19.5. The summed E-state index contributed by atoms with van der Waals surface area (Å²) in [5, 5.41) is 15.2. The maximum Gasteiger partial charge on any atom is 0.415 e. The fourth-order valence-corrected chi connectivity index (χ4v) is 9.11. The van der Waals surface area contributed by atoms with Crippen LogP contribution in [0.1, 0.15) is 49.8 Å². The van der Waals surface area contributed by atoms with Gasteiger partial charge in [0.25, 0.3) is 0 Å². The Kier molecular flexibility index (Phi) is 11.6. The lowest BCUT2D eigenvalue weighted by atomic mass is 9.86. The van der Waals surface area contributed by atoms with Gasteiger partial charge < -0.3 is 25.2 Å². The van der Waals surface area contributed by atoms with E-state index in [1.54, 1.807) is 29.2 Å². The van der Waals surface area contributed by atoms with Gasteiger partial charge in [-0.15, -0.1) is 11.3 Å². The van der Waals surface area contributed by atoms with E-state index in [0.717, 1.165) is 37.0 Å². The normalized spacial score (nSPS) is 20.6. The SMILES string of the molecule is O=C(NCc1cccs1)[C@@H]1CN(C(=O)Oc2ccccc2Cl)CCN1C(=O)[C@H](NC1CCCCC1)C1CCN(S(=O)(=O)c2cn[nH]c2)CC1. The fourth-order valence-electron chi connectivity index (χ4n) is 6.92. The van der Waals surface area contributed by atoms with Crippen LogP contribution in [0.15, 0.2) is 59.1 Å². The number of benzene rings is 1. The predicted molar refractivity (Wildman–Crippen MR) is 185 cm³/mol. The average molecular weight is 732 g/mol. The second kappa shape index (κ2) is 16.0. The molecule has 2 aliphatic heterocycles. The highest BCUT2D eigenvalue weighted by atomic mass is 35.5. The summed E-state index contributed by atoms with van der Waals surface area (Å²) in [6.45, 7) is 1.07. The number of aromatic nitrogens is 2. The van der Waals surface area contributed by atoms with Crippen molar-refractivity contribution in [3.8, 4) is 5.75 Å². The molecule has 1 aromatic carbocycles.